The first kappa shape index (κ1) is 22.4. The second-order valence-electron chi connectivity index (χ2n) is 7.17. The number of benzene rings is 3. The van der Waals surface area contributed by atoms with Gasteiger partial charge in [0.1, 0.15) is 5.75 Å². The molecule has 0 fully saturated rings. The molecule has 0 aliphatic heterocycles. The van der Waals surface area contributed by atoms with Crippen molar-refractivity contribution in [1.82, 2.24) is 5.32 Å². The second-order valence-corrected chi connectivity index (χ2v) is 8.85. The minimum atomic E-state index is -3.76. The molecule has 3 aromatic carbocycles. The van der Waals surface area contributed by atoms with Gasteiger partial charge < -0.3 is 10.1 Å². The number of aryl methyl sites for hydroxylation is 2. The lowest BCUT2D eigenvalue weighted by Gasteiger charge is -2.14. The normalized spacial score (nSPS) is 11.1. The molecule has 0 aliphatic carbocycles. The molecule has 3 aromatic rings. The topological polar surface area (TPSA) is 84.5 Å². The van der Waals surface area contributed by atoms with Crippen LogP contribution in [0.25, 0.3) is 0 Å². The van der Waals surface area contributed by atoms with Crippen LogP contribution in [-0.2, 0) is 16.6 Å². The molecule has 162 valence electrons. The number of rotatable bonds is 8. The lowest BCUT2D eigenvalue weighted by molar-refractivity contribution is 0.0950. The van der Waals surface area contributed by atoms with E-state index in [4.69, 9.17) is 4.74 Å². The van der Waals surface area contributed by atoms with E-state index in [0.717, 1.165) is 16.9 Å². The third kappa shape index (κ3) is 5.64. The average Bonchev–Trinajstić information content (AvgIpc) is 2.75. The van der Waals surface area contributed by atoms with Gasteiger partial charge in [-0.05, 0) is 56.7 Å². The fourth-order valence-electron chi connectivity index (χ4n) is 3.02. The third-order valence-electron chi connectivity index (χ3n) is 4.79. The second kappa shape index (κ2) is 9.66. The standard InChI is InChI=1S/C24H26N2O4S/c1-4-30-23-8-6-5-7-20(23)16-25-24(27)19-12-11-18(3)22(15-19)26-31(28,29)21-13-9-17(2)10-14-21/h5-15,26H,4,16H2,1-3H3,(H,25,27). The molecular weight excluding hydrogens is 412 g/mol. The highest BCUT2D eigenvalue weighted by Crippen LogP contribution is 2.22. The van der Waals surface area contributed by atoms with Crippen LogP contribution in [0.15, 0.2) is 71.6 Å². The maximum atomic E-state index is 12.7. The third-order valence-corrected chi connectivity index (χ3v) is 6.17. The quantitative estimate of drug-likeness (QED) is 0.545. The molecule has 31 heavy (non-hydrogen) atoms. The lowest BCUT2D eigenvalue weighted by Crippen LogP contribution is -2.23. The zero-order valence-corrected chi connectivity index (χ0v) is 18.6. The van der Waals surface area contributed by atoms with E-state index in [1.165, 1.54) is 0 Å². The first-order chi connectivity index (χ1) is 14.8. The van der Waals surface area contributed by atoms with E-state index in [1.54, 1.807) is 49.4 Å². The van der Waals surface area contributed by atoms with Crippen molar-refractivity contribution in [2.45, 2.75) is 32.2 Å². The van der Waals surface area contributed by atoms with Gasteiger partial charge in [0, 0.05) is 17.7 Å². The Morgan fingerprint density at radius 2 is 1.68 bits per heavy atom. The lowest BCUT2D eigenvalue weighted by atomic mass is 10.1. The molecule has 0 aromatic heterocycles. The molecule has 1 amide bonds. The monoisotopic (exact) mass is 438 g/mol. The van der Waals surface area contributed by atoms with Crippen LogP contribution in [0, 0.1) is 13.8 Å². The smallest absolute Gasteiger partial charge is 0.261 e. The van der Waals surface area contributed by atoms with Crippen LogP contribution in [0.4, 0.5) is 5.69 Å². The van der Waals surface area contributed by atoms with Crippen LogP contribution in [0.1, 0.15) is 34.0 Å². The van der Waals surface area contributed by atoms with E-state index in [2.05, 4.69) is 10.0 Å². The maximum Gasteiger partial charge on any atom is 0.261 e. The van der Waals surface area contributed by atoms with Gasteiger partial charge in [0.2, 0.25) is 0 Å². The number of anilines is 1. The van der Waals surface area contributed by atoms with Gasteiger partial charge in [0.05, 0.1) is 17.2 Å². The largest absolute Gasteiger partial charge is 0.494 e. The van der Waals surface area contributed by atoms with E-state index >= 15 is 0 Å². The number of carbonyl (C=O) groups excluding carboxylic acids is 1. The van der Waals surface area contributed by atoms with Crippen molar-refractivity contribution >= 4 is 21.6 Å². The molecule has 2 N–H and O–H groups in total. The van der Waals surface area contributed by atoms with E-state index in [1.807, 2.05) is 38.1 Å². The summed E-state index contributed by atoms with van der Waals surface area (Å²) >= 11 is 0. The minimum Gasteiger partial charge on any atom is -0.494 e. The number of nitrogens with one attached hydrogen (secondary N) is 2. The zero-order valence-electron chi connectivity index (χ0n) is 17.8. The number of para-hydroxylation sites is 1. The fourth-order valence-corrected chi connectivity index (χ4v) is 4.14. The van der Waals surface area contributed by atoms with Crippen molar-refractivity contribution in [2.24, 2.45) is 0 Å². The first-order valence-electron chi connectivity index (χ1n) is 9.99. The van der Waals surface area contributed by atoms with Crippen molar-refractivity contribution in [3.8, 4) is 5.75 Å². The number of carbonyl (C=O) groups is 1. The molecule has 6 nitrogen and oxygen atoms in total. The summed E-state index contributed by atoms with van der Waals surface area (Å²) in [6.07, 6.45) is 0. The van der Waals surface area contributed by atoms with Crippen molar-refractivity contribution in [2.75, 3.05) is 11.3 Å². The summed E-state index contributed by atoms with van der Waals surface area (Å²) in [6.45, 7) is 6.41. The molecule has 7 heteroatoms. The van der Waals surface area contributed by atoms with Gasteiger partial charge in [-0.15, -0.1) is 0 Å². The molecule has 3 rings (SSSR count). The van der Waals surface area contributed by atoms with Crippen molar-refractivity contribution in [1.29, 1.82) is 0 Å². The highest BCUT2D eigenvalue weighted by molar-refractivity contribution is 7.92. The number of ether oxygens (including phenoxy) is 1. The maximum absolute atomic E-state index is 12.7. The van der Waals surface area contributed by atoms with Crippen LogP contribution in [0.3, 0.4) is 0 Å². The Hall–Kier alpha value is -3.32. The van der Waals surface area contributed by atoms with E-state index in [9.17, 15) is 13.2 Å². The first-order valence-corrected chi connectivity index (χ1v) is 11.5. The Balaban J connectivity index is 1.76. The van der Waals surface area contributed by atoms with Crippen molar-refractivity contribution in [3.63, 3.8) is 0 Å². The van der Waals surface area contributed by atoms with E-state index < -0.39 is 10.0 Å². The van der Waals surface area contributed by atoms with Gasteiger partial charge in [0.25, 0.3) is 15.9 Å². The zero-order chi connectivity index (χ0) is 22.4. The Kier molecular flexibility index (Phi) is 6.97. The highest BCUT2D eigenvalue weighted by atomic mass is 32.2. The van der Waals surface area contributed by atoms with E-state index in [-0.39, 0.29) is 10.8 Å². The number of amides is 1. The Labute approximate surface area is 183 Å². The van der Waals surface area contributed by atoms with Crippen molar-refractivity contribution in [3.05, 3.63) is 89.0 Å². The van der Waals surface area contributed by atoms with Crippen LogP contribution in [-0.4, -0.2) is 20.9 Å². The Morgan fingerprint density at radius 1 is 0.968 bits per heavy atom. The minimum absolute atomic E-state index is 0.167. The summed E-state index contributed by atoms with van der Waals surface area (Å²) in [5.74, 6) is 0.419. The van der Waals surface area contributed by atoms with Crippen LogP contribution < -0.4 is 14.8 Å². The molecule has 0 spiro atoms. The number of hydrogen-bond donors (Lipinski definition) is 2. The fraction of sp³-hybridized carbons (Fsp3) is 0.208. The summed E-state index contributed by atoms with van der Waals surface area (Å²) in [6, 6.07) is 19.0. The molecule has 0 unspecified atom stereocenters. The molecule has 0 bridgehead atoms. The molecule has 0 saturated carbocycles. The average molecular weight is 439 g/mol. The molecule has 0 saturated heterocycles. The number of sulfonamides is 1. The van der Waals surface area contributed by atoms with Gasteiger partial charge in [-0.25, -0.2) is 8.42 Å². The molecule has 0 atom stereocenters. The molecule has 0 radical (unpaired) electrons. The number of hydrogen-bond acceptors (Lipinski definition) is 4. The van der Waals surface area contributed by atoms with Crippen LogP contribution in [0.5, 0.6) is 5.75 Å². The van der Waals surface area contributed by atoms with Gasteiger partial charge in [-0.3, -0.25) is 9.52 Å². The van der Waals surface area contributed by atoms with E-state index in [0.29, 0.717) is 30.0 Å². The summed E-state index contributed by atoms with van der Waals surface area (Å²) in [4.78, 5) is 12.9. The van der Waals surface area contributed by atoms with Crippen LogP contribution in [0.2, 0.25) is 0 Å². The predicted molar refractivity (Wildman–Crippen MR) is 122 cm³/mol. The van der Waals surface area contributed by atoms with Crippen LogP contribution >= 0.6 is 0 Å². The highest BCUT2D eigenvalue weighted by Gasteiger charge is 2.17. The molecule has 0 heterocycles. The summed E-state index contributed by atoms with van der Waals surface area (Å²) in [5, 5.41) is 2.87. The summed E-state index contributed by atoms with van der Waals surface area (Å²) in [5.41, 5.74) is 3.28. The van der Waals surface area contributed by atoms with Gasteiger partial charge in [0.15, 0.2) is 0 Å². The predicted octanol–water partition coefficient (Wildman–Crippen LogP) is 4.43. The SMILES string of the molecule is CCOc1ccccc1CNC(=O)c1ccc(C)c(NS(=O)(=O)c2ccc(C)cc2)c1. The van der Waals surface area contributed by atoms with Gasteiger partial charge in [-0.1, -0.05) is 42.0 Å². The molecular formula is C24H26N2O4S. The summed E-state index contributed by atoms with van der Waals surface area (Å²) in [7, 11) is -3.76. The summed E-state index contributed by atoms with van der Waals surface area (Å²) < 4.78 is 33.6. The van der Waals surface area contributed by atoms with Gasteiger partial charge in [-0.2, -0.15) is 0 Å². The molecule has 0 aliphatic rings. The Bertz CT molecular complexity index is 1170. The van der Waals surface area contributed by atoms with Gasteiger partial charge >= 0.3 is 0 Å². The Morgan fingerprint density at radius 3 is 2.39 bits per heavy atom. The van der Waals surface area contributed by atoms with Crippen molar-refractivity contribution < 1.29 is 17.9 Å².